The first-order valence-electron chi connectivity index (χ1n) is 5.91. The zero-order valence-electron chi connectivity index (χ0n) is 10.8. The highest BCUT2D eigenvalue weighted by Crippen LogP contribution is 2.14. The van der Waals surface area contributed by atoms with Crippen molar-refractivity contribution in [3.8, 4) is 0 Å². The molecule has 0 aliphatic rings. The minimum atomic E-state index is -0.517. The van der Waals surface area contributed by atoms with Crippen molar-refractivity contribution in [3.05, 3.63) is 36.8 Å². The van der Waals surface area contributed by atoms with E-state index in [0.29, 0.717) is 13.1 Å². The molecule has 1 atom stereocenters. The molecule has 1 aromatic heterocycles. The lowest BCUT2D eigenvalue weighted by Gasteiger charge is -2.16. The molecule has 2 N–H and O–H groups in total. The lowest BCUT2D eigenvalue weighted by Crippen LogP contribution is -2.34. The fourth-order valence-corrected chi connectivity index (χ4v) is 1.47. The summed E-state index contributed by atoms with van der Waals surface area (Å²) < 4.78 is 9.81. The average Bonchev–Trinajstić information content (AvgIpc) is 2.89. The predicted molar refractivity (Wildman–Crippen MR) is 69.7 cm³/mol. The van der Waals surface area contributed by atoms with Crippen molar-refractivity contribution in [1.82, 2.24) is 10.6 Å². The summed E-state index contributed by atoms with van der Waals surface area (Å²) in [6.07, 6.45) is 4.11. The number of nitrogens with one attached hydrogen (secondary N) is 2. The molecule has 1 heterocycles. The number of rotatable bonds is 7. The molecule has 2 amide bonds. The fraction of sp³-hybridized carbons (Fsp3) is 0.385. The molecule has 0 aliphatic carbocycles. The summed E-state index contributed by atoms with van der Waals surface area (Å²) in [5.41, 5.74) is 0.901. The van der Waals surface area contributed by atoms with Crippen molar-refractivity contribution < 1.29 is 18.7 Å². The molecule has 0 aliphatic heterocycles. The molecule has 0 unspecified atom stereocenters. The van der Waals surface area contributed by atoms with E-state index in [1.807, 2.05) is 0 Å². The molecular weight excluding hydrogens is 248 g/mol. The van der Waals surface area contributed by atoms with E-state index in [1.54, 1.807) is 18.6 Å². The van der Waals surface area contributed by atoms with Crippen LogP contribution in [0.15, 0.2) is 35.7 Å². The second-order valence-corrected chi connectivity index (χ2v) is 3.96. The van der Waals surface area contributed by atoms with Crippen LogP contribution in [0, 0.1) is 0 Å². The minimum absolute atomic E-state index is 0.0704. The topological polar surface area (TPSA) is 80.6 Å². The van der Waals surface area contributed by atoms with E-state index in [2.05, 4.69) is 17.2 Å². The zero-order chi connectivity index (χ0) is 14.1. The smallest absolute Gasteiger partial charge is 0.407 e. The molecule has 1 aromatic rings. The van der Waals surface area contributed by atoms with Crippen molar-refractivity contribution in [3.63, 3.8) is 0 Å². The van der Waals surface area contributed by atoms with Gasteiger partial charge in [0.2, 0.25) is 5.91 Å². The van der Waals surface area contributed by atoms with E-state index in [1.165, 1.54) is 13.0 Å². The van der Waals surface area contributed by atoms with Gasteiger partial charge in [-0.05, 0) is 11.6 Å². The van der Waals surface area contributed by atoms with Crippen molar-refractivity contribution in [2.75, 3.05) is 19.7 Å². The number of carbonyl (C=O) groups excluding carboxylic acids is 2. The summed E-state index contributed by atoms with van der Waals surface area (Å²) in [6, 6.07) is 1.79. The molecule has 0 fully saturated rings. The molecule has 19 heavy (non-hydrogen) atoms. The molecule has 6 heteroatoms. The van der Waals surface area contributed by atoms with E-state index in [0.717, 1.165) is 5.56 Å². The van der Waals surface area contributed by atoms with Gasteiger partial charge in [0.25, 0.3) is 0 Å². The summed E-state index contributed by atoms with van der Waals surface area (Å²) >= 11 is 0. The predicted octanol–water partition coefficient (Wildman–Crippen LogP) is 1.41. The first-order valence-corrected chi connectivity index (χ1v) is 5.91. The first kappa shape index (κ1) is 14.8. The molecule has 104 valence electrons. The molecular formula is C13H18N2O4. The second kappa shape index (κ2) is 7.97. The number of amides is 2. The van der Waals surface area contributed by atoms with Crippen LogP contribution in [-0.2, 0) is 9.53 Å². The highest BCUT2D eigenvalue weighted by atomic mass is 16.5. The molecule has 0 saturated carbocycles. The van der Waals surface area contributed by atoms with E-state index in [9.17, 15) is 9.59 Å². The van der Waals surface area contributed by atoms with Crippen LogP contribution in [0.25, 0.3) is 0 Å². The molecule has 1 rings (SSSR count). The van der Waals surface area contributed by atoms with Gasteiger partial charge in [-0.3, -0.25) is 4.79 Å². The standard InChI is InChI=1S/C13H18N2O4/c1-3-5-19-13(17)15-8-12(7-14-10(2)16)11-4-6-18-9-11/h3-4,6,9,12H,1,5,7-8H2,2H3,(H,14,16)(H,15,17)/t12-/m1/s1. The third-order valence-electron chi connectivity index (χ3n) is 2.44. The van der Waals surface area contributed by atoms with Gasteiger partial charge >= 0.3 is 6.09 Å². The van der Waals surface area contributed by atoms with Gasteiger partial charge < -0.3 is 19.8 Å². The number of hydrogen-bond donors (Lipinski definition) is 2. The fourth-order valence-electron chi connectivity index (χ4n) is 1.47. The maximum absolute atomic E-state index is 11.3. The quantitative estimate of drug-likeness (QED) is 0.731. The van der Waals surface area contributed by atoms with Gasteiger partial charge in [-0.25, -0.2) is 4.79 Å². The van der Waals surface area contributed by atoms with E-state index < -0.39 is 6.09 Å². The largest absolute Gasteiger partial charge is 0.472 e. The summed E-state index contributed by atoms with van der Waals surface area (Å²) in [6.45, 7) is 5.81. The zero-order valence-corrected chi connectivity index (χ0v) is 10.8. The minimum Gasteiger partial charge on any atom is -0.472 e. The van der Waals surface area contributed by atoms with Gasteiger partial charge in [0.15, 0.2) is 0 Å². The molecule has 0 bridgehead atoms. The Morgan fingerprint density at radius 2 is 2.21 bits per heavy atom. The lowest BCUT2D eigenvalue weighted by atomic mass is 10.0. The average molecular weight is 266 g/mol. The second-order valence-electron chi connectivity index (χ2n) is 3.96. The van der Waals surface area contributed by atoms with Gasteiger partial charge in [-0.2, -0.15) is 0 Å². The van der Waals surface area contributed by atoms with Crippen LogP contribution in [-0.4, -0.2) is 31.7 Å². The number of alkyl carbamates (subject to hydrolysis) is 1. The Bertz CT molecular complexity index is 414. The van der Waals surface area contributed by atoms with Gasteiger partial charge in [0, 0.05) is 25.9 Å². The Hall–Kier alpha value is -2.24. The Morgan fingerprint density at radius 1 is 1.47 bits per heavy atom. The van der Waals surface area contributed by atoms with Gasteiger partial charge in [-0.1, -0.05) is 12.7 Å². The summed E-state index contributed by atoms with van der Waals surface area (Å²) in [5.74, 6) is -0.193. The first-order chi connectivity index (χ1) is 9.13. The summed E-state index contributed by atoms with van der Waals surface area (Å²) in [4.78, 5) is 22.3. The van der Waals surface area contributed by atoms with E-state index in [-0.39, 0.29) is 18.4 Å². The van der Waals surface area contributed by atoms with E-state index >= 15 is 0 Å². The SMILES string of the molecule is C=CCOC(=O)NC[C@@H](CNC(C)=O)c1ccoc1. The molecule has 0 aromatic carbocycles. The van der Waals surface area contributed by atoms with Crippen molar-refractivity contribution in [1.29, 1.82) is 0 Å². The third kappa shape index (κ3) is 5.76. The normalized spacial score (nSPS) is 11.4. The molecule has 0 spiro atoms. The van der Waals surface area contributed by atoms with Crippen LogP contribution in [0.4, 0.5) is 4.79 Å². The maximum atomic E-state index is 11.3. The lowest BCUT2D eigenvalue weighted by molar-refractivity contribution is -0.119. The number of ether oxygens (including phenoxy) is 1. The maximum Gasteiger partial charge on any atom is 0.407 e. The van der Waals surface area contributed by atoms with Crippen LogP contribution < -0.4 is 10.6 Å². The van der Waals surface area contributed by atoms with Crippen LogP contribution in [0.5, 0.6) is 0 Å². The van der Waals surface area contributed by atoms with Crippen LogP contribution in [0.3, 0.4) is 0 Å². The summed E-state index contributed by atoms with van der Waals surface area (Å²) in [5, 5.41) is 5.34. The van der Waals surface area contributed by atoms with Gasteiger partial charge in [0.1, 0.15) is 6.61 Å². The molecule has 0 saturated heterocycles. The van der Waals surface area contributed by atoms with Crippen molar-refractivity contribution >= 4 is 12.0 Å². The third-order valence-corrected chi connectivity index (χ3v) is 2.44. The molecule has 0 radical (unpaired) electrons. The van der Waals surface area contributed by atoms with Gasteiger partial charge in [0.05, 0.1) is 12.5 Å². The Balaban J connectivity index is 2.47. The Kier molecular flexibility index (Phi) is 6.21. The van der Waals surface area contributed by atoms with Crippen molar-refractivity contribution in [2.45, 2.75) is 12.8 Å². The van der Waals surface area contributed by atoms with E-state index in [4.69, 9.17) is 9.15 Å². The Labute approximate surface area is 111 Å². The number of hydrogen-bond acceptors (Lipinski definition) is 4. The monoisotopic (exact) mass is 266 g/mol. The number of furan rings is 1. The van der Waals surface area contributed by atoms with Crippen LogP contribution in [0.2, 0.25) is 0 Å². The van der Waals surface area contributed by atoms with Crippen LogP contribution in [0.1, 0.15) is 18.4 Å². The highest BCUT2D eigenvalue weighted by molar-refractivity contribution is 5.72. The number of carbonyl (C=O) groups is 2. The van der Waals surface area contributed by atoms with Crippen molar-refractivity contribution in [2.24, 2.45) is 0 Å². The Morgan fingerprint density at radius 3 is 2.79 bits per heavy atom. The molecule has 6 nitrogen and oxygen atoms in total. The summed E-state index contributed by atoms with van der Waals surface area (Å²) in [7, 11) is 0. The highest BCUT2D eigenvalue weighted by Gasteiger charge is 2.15. The van der Waals surface area contributed by atoms with Gasteiger partial charge in [-0.15, -0.1) is 0 Å². The van der Waals surface area contributed by atoms with Crippen LogP contribution >= 0.6 is 0 Å².